The number of carbonyl (C=O) groups is 1. The van der Waals surface area contributed by atoms with E-state index in [-0.39, 0.29) is 17.0 Å². The molecule has 1 rings (SSSR count). The average Bonchev–Trinajstić information content (AvgIpc) is 2.38. The van der Waals surface area contributed by atoms with Gasteiger partial charge in [-0.05, 0) is 45.4 Å². The minimum absolute atomic E-state index is 0.0819. The molecular formula is C16H28O2. The van der Waals surface area contributed by atoms with Crippen molar-refractivity contribution < 1.29 is 9.53 Å². The molecule has 0 bridgehead atoms. The second-order valence-corrected chi connectivity index (χ2v) is 5.99. The van der Waals surface area contributed by atoms with E-state index in [2.05, 4.69) is 27.4 Å². The van der Waals surface area contributed by atoms with Gasteiger partial charge in [-0.1, -0.05) is 33.8 Å². The number of ether oxygens (including phenoxy) is 1. The Bertz CT molecular complexity index is 307. The van der Waals surface area contributed by atoms with Gasteiger partial charge in [0.05, 0.1) is 0 Å². The van der Waals surface area contributed by atoms with E-state index in [1.165, 1.54) is 19.3 Å². The third-order valence-corrected chi connectivity index (χ3v) is 4.96. The Morgan fingerprint density at radius 2 is 1.72 bits per heavy atom. The van der Waals surface area contributed by atoms with Crippen LogP contribution < -0.4 is 0 Å². The molecule has 0 aromatic heterocycles. The van der Waals surface area contributed by atoms with Crippen molar-refractivity contribution in [2.45, 2.75) is 78.2 Å². The van der Waals surface area contributed by atoms with E-state index in [9.17, 15) is 4.79 Å². The van der Waals surface area contributed by atoms with E-state index in [4.69, 9.17) is 4.74 Å². The van der Waals surface area contributed by atoms with E-state index in [0.717, 1.165) is 25.7 Å². The Hall–Kier alpha value is -0.790. The summed E-state index contributed by atoms with van der Waals surface area (Å²) in [5, 5.41) is 0. The molecule has 18 heavy (non-hydrogen) atoms. The second kappa shape index (κ2) is 5.90. The smallest absolute Gasteiger partial charge is 0.333 e. The van der Waals surface area contributed by atoms with E-state index in [0.29, 0.717) is 5.57 Å². The Balaban J connectivity index is 3.01. The summed E-state index contributed by atoms with van der Waals surface area (Å²) in [6.45, 7) is 12.1. The highest BCUT2D eigenvalue weighted by atomic mass is 16.6. The molecular weight excluding hydrogens is 224 g/mol. The molecule has 0 aromatic rings. The third kappa shape index (κ3) is 2.78. The van der Waals surface area contributed by atoms with Crippen LogP contribution in [0.2, 0.25) is 0 Å². The van der Waals surface area contributed by atoms with E-state index in [1.807, 2.05) is 0 Å². The molecule has 1 saturated carbocycles. The first kappa shape index (κ1) is 15.3. The molecule has 0 atom stereocenters. The minimum atomic E-state index is -0.273. The van der Waals surface area contributed by atoms with Crippen LogP contribution in [0.5, 0.6) is 0 Å². The van der Waals surface area contributed by atoms with Gasteiger partial charge in [0, 0.05) is 11.0 Å². The summed E-state index contributed by atoms with van der Waals surface area (Å²) >= 11 is 0. The maximum absolute atomic E-state index is 12.0. The summed E-state index contributed by atoms with van der Waals surface area (Å²) in [4.78, 5) is 12.0. The fourth-order valence-corrected chi connectivity index (χ4v) is 3.11. The van der Waals surface area contributed by atoms with Crippen LogP contribution in [0.4, 0.5) is 0 Å². The van der Waals surface area contributed by atoms with Crippen LogP contribution in [0.25, 0.3) is 0 Å². The van der Waals surface area contributed by atoms with Gasteiger partial charge in [-0.3, -0.25) is 0 Å². The lowest BCUT2D eigenvalue weighted by Crippen LogP contribution is -2.51. The molecule has 2 heteroatoms. The SMILES string of the molecule is C=C(C)C(=O)OC1(C(C)(CC)CC)CCCCC1. The molecule has 0 heterocycles. The summed E-state index contributed by atoms with van der Waals surface area (Å²) in [6, 6.07) is 0. The Morgan fingerprint density at radius 1 is 1.22 bits per heavy atom. The van der Waals surface area contributed by atoms with Crippen LogP contribution in [0.15, 0.2) is 12.2 Å². The van der Waals surface area contributed by atoms with Crippen LogP contribution in [-0.2, 0) is 9.53 Å². The fourth-order valence-electron chi connectivity index (χ4n) is 3.11. The zero-order valence-corrected chi connectivity index (χ0v) is 12.5. The first-order valence-corrected chi connectivity index (χ1v) is 7.29. The van der Waals surface area contributed by atoms with Crippen molar-refractivity contribution in [3.05, 3.63) is 12.2 Å². The Kier molecular flexibility index (Phi) is 5.01. The normalized spacial score (nSPS) is 19.3. The van der Waals surface area contributed by atoms with Crippen LogP contribution in [0.3, 0.4) is 0 Å². The maximum Gasteiger partial charge on any atom is 0.333 e. The van der Waals surface area contributed by atoms with Gasteiger partial charge < -0.3 is 4.74 Å². The predicted octanol–water partition coefficient (Wildman–Crippen LogP) is 4.63. The molecule has 1 aliphatic rings. The van der Waals surface area contributed by atoms with Gasteiger partial charge >= 0.3 is 5.97 Å². The van der Waals surface area contributed by atoms with Crippen molar-refractivity contribution in [2.75, 3.05) is 0 Å². The maximum atomic E-state index is 12.0. The van der Waals surface area contributed by atoms with Crippen LogP contribution in [0, 0.1) is 5.41 Å². The average molecular weight is 252 g/mol. The zero-order chi connectivity index (χ0) is 13.8. The number of carbonyl (C=O) groups excluding carboxylic acids is 1. The quantitative estimate of drug-likeness (QED) is 0.526. The van der Waals surface area contributed by atoms with Gasteiger partial charge in [0.1, 0.15) is 5.60 Å². The van der Waals surface area contributed by atoms with Crippen molar-refractivity contribution in [3.8, 4) is 0 Å². The molecule has 0 saturated heterocycles. The van der Waals surface area contributed by atoms with Gasteiger partial charge in [0.25, 0.3) is 0 Å². The van der Waals surface area contributed by atoms with Crippen LogP contribution >= 0.6 is 0 Å². The molecule has 0 amide bonds. The molecule has 0 aliphatic heterocycles. The molecule has 1 aliphatic carbocycles. The van der Waals surface area contributed by atoms with Crippen molar-refractivity contribution in [1.82, 2.24) is 0 Å². The number of hydrogen-bond acceptors (Lipinski definition) is 2. The van der Waals surface area contributed by atoms with Crippen LogP contribution in [-0.4, -0.2) is 11.6 Å². The molecule has 0 aromatic carbocycles. The minimum Gasteiger partial charge on any atom is -0.455 e. The molecule has 104 valence electrons. The number of hydrogen-bond donors (Lipinski definition) is 0. The van der Waals surface area contributed by atoms with Crippen molar-refractivity contribution in [1.29, 1.82) is 0 Å². The summed E-state index contributed by atoms with van der Waals surface area (Å²) in [5.41, 5.74) is 0.318. The van der Waals surface area contributed by atoms with Crippen LogP contribution in [0.1, 0.15) is 72.6 Å². The zero-order valence-electron chi connectivity index (χ0n) is 12.5. The Labute approximate surface area is 112 Å². The molecule has 0 radical (unpaired) electrons. The lowest BCUT2D eigenvalue weighted by atomic mass is 9.63. The standard InChI is InChI=1S/C16H28O2/c1-6-15(5,7-2)16(11-9-8-10-12-16)18-14(17)13(3)4/h3,6-12H2,1-2,4-5H3. The summed E-state index contributed by atoms with van der Waals surface area (Å²) in [6.07, 6.45) is 7.70. The molecule has 0 N–H and O–H groups in total. The van der Waals surface area contributed by atoms with E-state index < -0.39 is 0 Å². The molecule has 2 nitrogen and oxygen atoms in total. The summed E-state index contributed by atoms with van der Waals surface area (Å²) < 4.78 is 5.95. The van der Waals surface area contributed by atoms with Crippen molar-refractivity contribution >= 4 is 5.97 Å². The van der Waals surface area contributed by atoms with Gasteiger partial charge in [-0.25, -0.2) is 4.79 Å². The fraction of sp³-hybridized carbons (Fsp3) is 0.812. The second-order valence-electron chi connectivity index (χ2n) is 5.99. The van der Waals surface area contributed by atoms with Gasteiger partial charge in [0.2, 0.25) is 0 Å². The predicted molar refractivity (Wildman–Crippen MR) is 75.4 cm³/mol. The van der Waals surface area contributed by atoms with Crippen molar-refractivity contribution in [2.24, 2.45) is 5.41 Å². The summed E-state index contributed by atoms with van der Waals surface area (Å²) in [7, 11) is 0. The topological polar surface area (TPSA) is 26.3 Å². The van der Waals surface area contributed by atoms with Gasteiger partial charge in [-0.2, -0.15) is 0 Å². The lowest BCUT2D eigenvalue weighted by Gasteiger charge is -2.49. The number of rotatable bonds is 5. The lowest BCUT2D eigenvalue weighted by molar-refractivity contribution is -0.180. The molecule has 1 fully saturated rings. The third-order valence-electron chi connectivity index (χ3n) is 4.96. The van der Waals surface area contributed by atoms with E-state index in [1.54, 1.807) is 6.92 Å². The summed E-state index contributed by atoms with van der Waals surface area (Å²) in [5.74, 6) is -0.218. The van der Waals surface area contributed by atoms with Gasteiger partial charge in [-0.15, -0.1) is 0 Å². The van der Waals surface area contributed by atoms with Crippen molar-refractivity contribution in [3.63, 3.8) is 0 Å². The molecule has 0 unspecified atom stereocenters. The largest absolute Gasteiger partial charge is 0.455 e. The monoisotopic (exact) mass is 252 g/mol. The Morgan fingerprint density at radius 3 is 2.11 bits per heavy atom. The first-order chi connectivity index (χ1) is 8.41. The highest BCUT2D eigenvalue weighted by Crippen LogP contribution is 2.49. The first-order valence-electron chi connectivity index (χ1n) is 7.29. The highest BCUT2D eigenvalue weighted by molar-refractivity contribution is 5.87. The molecule has 0 spiro atoms. The van der Waals surface area contributed by atoms with E-state index >= 15 is 0 Å². The van der Waals surface area contributed by atoms with Gasteiger partial charge in [0.15, 0.2) is 0 Å². The number of esters is 1. The highest BCUT2D eigenvalue weighted by Gasteiger charge is 2.49.